The second-order valence-electron chi connectivity index (χ2n) is 14.6. The molecule has 0 aromatic heterocycles. The standard InChI is InChI=1S/2C21H25FN2O4S/c2*22-19-5-1-16(2-6-19)11-14-29(27,28)24-12-9-17(10-13-24)15-23-21(26)18-3-7-20(25)8-4-18/h2*1-8,17,25H,9-15H2,(H,23,26). The number of sulfonamides is 2. The minimum atomic E-state index is -3.36. The molecule has 0 aliphatic carbocycles. The van der Waals surface area contributed by atoms with E-state index in [1.165, 1.54) is 57.1 Å². The number of halogens is 2. The fourth-order valence-corrected chi connectivity index (χ4v) is 9.78. The summed E-state index contributed by atoms with van der Waals surface area (Å²) in [6.45, 7) is 2.72. The number of amides is 2. The lowest BCUT2D eigenvalue weighted by atomic mass is 9.98. The molecule has 12 nitrogen and oxygen atoms in total. The van der Waals surface area contributed by atoms with Gasteiger partial charge in [-0.15, -0.1) is 0 Å². The first kappa shape index (κ1) is 44.2. The molecule has 0 bridgehead atoms. The van der Waals surface area contributed by atoms with Gasteiger partial charge in [-0.25, -0.2) is 34.2 Å². The highest BCUT2D eigenvalue weighted by Gasteiger charge is 2.29. The molecular formula is C42H50F2N4O8S2. The van der Waals surface area contributed by atoms with E-state index in [0.29, 0.717) is 88.9 Å². The van der Waals surface area contributed by atoms with Crippen molar-refractivity contribution in [3.05, 3.63) is 131 Å². The Kier molecular flexibility index (Phi) is 15.8. The summed E-state index contributed by atoms with van der Waals surface area (Å²) in [7, 11) is -6.73. The number of hydrogen-bond donors (Lipinski definition) is 4. The number of nitrogens with one attached hydrogen (secondary N) is 2. The Balaban J connectivity index is 0.000000221. The summed E-state index contributed by atoms with van der Waals surface area (Å²) in [4.78, 5) is 24.3. The molecule has 2 amide bonds. The summed E-state index contributed by atoms with van der Waals surface area (Å²) < 4.78 is 79.2. The van der Waals surface area contributed by atoms with Gasteiger partial charge in [0, 0.05) is 50.4 Å². The van der Waals surface area contributed by atoms with Gasteiger partial charge in [-0.3, -0.25) is 9.59 Å². The van der Waals surface area contributed by atoms with Gasteiger partial charge in [-0.05, 0) is 134 Å². The Hall–Kier alpha value is -4.90. The van der Waals surface area contributed by atoms with Crippen molar-refractivity contribution in [1.82, 2.24) is 19.2 Å². The SMILES string of the molecule is O=C(NCC1CCN(S(=O)(=O)CCc2ccc(F)cc2)CC1)c1ccc(O)cc1.O=C(NCC1CCN(S(=O)(=O)CCc2ccc(F)cc2)CC1)c1ccc(O)cc1. The number of benzene rings is 4. The highest BCUT2D eigenvalue weighted by atomic mass is 32.2. The molecule has 0 atom stereocenters. The number of hydrogen-bond acceptors (Lipinski definition) is 8. The van der Waals surface area contributed by atoms with Crippen molar-refractivity contribution in [2.45, 2.75) is 38.5 Å². The van der Waals surface area contributed by atoms with Crippen LogP contribution in [-0.4, -0.2) is 98.2 Å². The van der Waals surface area contributed by atoms with Crippen molar-refractivity contribution in [1.29, 1.82) is 0 Å². The fraction of sp³-hybridized carbons (Fsp3) is 0.381. The molecule has 312 valence electrons. The number of carbonyl (C=O) groups excluding carboxylic acids is 2. The molecule has 58 heavy (non-hydrogen) atoms. The summed E-state index contributed by atoms with van der Waals surface area (Å²) in [5.41, 5.74) is 2.54. The molecule has 2 heterocycles. The topological polar surface area (TPSA) is 173 Å². The van der Waals surface area contributed by atoms with E-state index in [0.717, 1.165) is 11.1 Å². The van der Waals surface area contributed by atoms with E-state index < -0.39 is 20.0 Å². The lowest BCUT2D eigenvalue weighted by Gasteiger charge is -2.31. The molecule has 4 aromatic rings. The van der Waals surface area contributed by atoms with Gasteiger partial charge >= 0.3 is 0 Å². The number of phenolic OH excluding ortho intramolecular Hbond substituents is 2. The average molecular weight is 841 g/mol. The number of aryl methyl sites for hydroxylation is 2. The van der Waals surface area contributed by atoms with Crippen LogP contribution >= 0.6 is 0 Å². The maximum Gasteiger partial charge on any atom is 0.251 e. The molecule has 2 aliphatic heterocycles. The third-order valence-corrected chi connectivity index (χ3v) is 14.2. The molecule has 2 aliphatic rings. The van der Waals surface area contributed by atoms with E-state index in [-0.39, 0.29) is 58.3 Å². The van der Waals surface area contributed by atoms with Crippen LogP contribution in [0, 0.1) is 23.5 Å². The van der Waals surface area contributed by atoms with Crippen LogP contribution in [0.4, 0.5) is 8.78 Å². The van der Waals surface area contributed by atoms with Crippen LogP contribution in [0.25, 0.3) is 0 Å². The zero-order valence-corrected chi connectivity index (χ0v) is 33.7. The zero-order valence-electron chi connectivity index (χ0n) is 32.1. The van der Waals surface area contributed by atoms with Gasteiger partial charge in [-0.1, -0.05) is 24.3 Å². The second-order valence-corrected chi connectivity index (χ2v) is 18.8. The quantitative estimate of drug-likeness (QED) is 0.136. The van der Waals surface area contributed by atoms with E-state index in [2.05, 4.69) is 10.6 Å². The molecule has 4 N–H and O–H groups in total. The Morgan fingerprint density at radius 1 is 0.534 bits per heavy atom. The largest absolute Gasteiger partial charge is 0.508 e. The van der Waals surface area contributed by atoms with Gasteiger partial charge in [0.1, 0.15) is 23.1 Å². The van der Waals surface area contributed by atoms with Crippen LogP contribution < -0.4 is 10.6 Å². The zero-order chi connectivity index (χ0) is 41.7. The third kappa shape index (κ3) is 13.6. The summed E-state index contributed by atoms with van der Waals surface area (Å²) in [5, 5.41) is 24.3. The minimum Gasteiger partial charge on any atom is -0.508 e. The number of rotatable bonds is 14. The van der Waals surface area contributed by atoms with E-state index in [4.69, 9.17) is 0 Å². The molecule has 0 radical (unpaired) electrons. The smallest absolute Gasteiger partial charge is 0.251 e. The maximum atomic E-state index is 13.0. The minimum absolute atomic E-state index is 0.000880. The normalized spacial score (nSPS) is 15.9. The molecule has 4 aromatic carbocycles. The van der Waals surface area contributed by atoms with Crippen LogP contribution in [0.15, 0.2) is 97.1 Å². The van der Waals surface area contributed by atoms with Crippen LogP contribution in [-0.2, 0) is 32.9 Å². The van der Waals surface area contributed by atoms with Crippen LogP contribution in [0.3, 0.4) is 0 Å². The van der Waals surface area contributed by atoms with Crippen molar-refractivity contribution in [2.75, 3.05) is 50.8 Å². The van der Waals surface area contributed by atoms with Gasteiger partial charge in [0.15, 0.2) is 0 Å². The molecule has 2 saturated heterocycles. The second kappa shape index (κ2) is 20.7. The number of nitrogens with zero attached hydrogens (tertiary/aromatic N) is 2. The Morgan fingerprint density at radius 3 is 1.16 bits per heavy atom. The van der Waals surface area contributed by atoms with Crippen LogP contribution in [0.2, 0.25) is 0 Å². The highest BCUT2D eigenvalue weighted by molar-refractivity contribution is 7.89. The van der Waals surface area contributed by atoms with Gasteiger partial charge in [-0.2, -0.15) is 0 Å². The maximum absolute atomic E-state index is 13.0. The fourth-order valence-electron chi connectivity index (χ4n) is 6.74. The Bertz CT molecular complexity index is 2000. The van der Waals surface area contributed by atoms with Gasteiger partial charge < -0.3 is 20.8 Å². The number of phenols is 2. The number of aromatic hydroxyl groups is 2. The van der Waals surface area contributed by atoms with Crippen LogP contribution in [0.1, 0.15) is 57.5 Å². The first-order valence-corrected chi connectivity index (χ1v) is 22.5. The van der Waals surface area contributed by atoms with Crippen molar-refractivity contribution in [2.24, 2.45) is 11.8 Å². The molecule has 6 rings (SSSR count). The molecule has 2 fully saturated rings. The third-order valence-electron chi connectivity index (χ3n) is 10.4. The van der Waals surface area contributed by atoms with Gasteiger partial charge in [0.05, 0.1) is 11.5 Å². The van der Waals surface area contributed by atoms with E-state index >= 15 is 0 Å². The molecule has 0 saturated carbocycles. The lowest BCUT2D eigenvalue weighted by Crippen LogP contribution is -2.42. The van der Waals surface area contributed by atoms with Crippen molar-refractivity contribution in [3.63, 3.8) is 0 Å². The molecular weight excluding hydrogens is 791 g/mol. The van der Waals surface area contributed by atoms with Gasteiger partial charge in [0.2, 0.25) is 20.0 Å². The lowest BCUT2D eigenvalue weighted by molar-refractivity contribution is 0.0934. The summed E-state index contributed by atoms with van der Waals surface area (Å²) in [6, 6.07) is 23.8. The Morgan fingerprint density at radius 2 is 0.845 bits per heavy atom. The summed E-state index contributed by atoms with van der Waals surface area (Å²) >= 11 is 0. The average Bonchev–Trinajstić information content (AvgIpc) is 3.22. The first-order chi connectivity index (χ1) is 27.7. The monoisotopic (exact) mass is 840 g/mol. The van der Waals surface area contributed by atoms with Crippen molar-refractivity contribution in [3.8, 4) is 11.5 Å². The molecule has 0 spiro atoms. The van der Waals surface area contributed by atoms with Crippen molar-refractivity contribution >= 4 is 31.9 Å². The first-order valence-electron chi connectivity index (χ1n) is 19.3. The van der Waals surface area contributed by atoms with E-state index in [9.17, 15) is 45.4 Å². The predicted octanol–water partition coefficient (Wildman–Crippen LogP) is 5.09. The highest BCUT2D eigenvalue weighted by Crippen LogP contribution is 2.22. The Labute approximate surface area is 339 Å². The van der Waals surface area contributed by atoms with Crippen molar-refractivity contribution < 1.29 is 45.4 Å². The van der Waals surface area contributed by atoms with E-state index in [1.54, 1.807) is 48.5 Å². The molecule has 0 unspecified atom stereocenters. The molecule has 16 heteroatoms. The number of piperidine rings is 2. The van der Waals surface area contributed by atoms with E-state index in [1.807, 2.05) is 0 Å². The van der Waals surface area contributed by atoms with Crippen LogP contribution in [0.5, 0.6) is 11.5 Å². The summed E-state index contributed by atoms with van der Waals surface area (Å²) in [6.07, 6.45) is 3.45. The number of carbonyl (C=O) groups is 2. The summed E-state index contributed by atoms with van der Waals surface area (Å²) in [5.74, 6) is -0.434. The van der Waals surface area contributed by atoms with Gasteiger partial charge in [0.25, 0.3) is 11.8 Å². The predicted molar refractivity (Wildman–Crippen MR) is 217 cm³/mol.